The third-order valence-corrected chi connectivity index (χ3v) is 4.96. The van der Waals surface area contributed by atoms with Crippen LogP contribution in [0.15, 0.2) is 36.0 Å². The first kappa shape index (κ1) is 15.5. The van der Waals surface area contributed by atoms with Gasteiger partial charge in [-0.15, -0.1) is 16.4 Å². The van der Waals surface area contributed by atoms with E-state index < -0.39 is 6.09 Å². The summed E-state index contributed by atoms with van der Waals surface area (Å²) in [7, 11) is 0. The molecule has 1 aromatic carbocycles. The van der Waals surface area contributed by atoms with Gasteiger partial charge in [0, 0.05) is 24.4 Å². The zero-order valence-electron chi connectivity index (χ0n) is 13.0. The van der Waals surface area contributed by atoms with Crippen molar-refractivity contribution in [3.63, 3.8) is 0 Å². The van der Waals surface area contributed by atoms with Crippen LogP contribution in [0.1, 0.15) is 16.6 Å². The van der Waals surface area contributed by atoms with E-state index in [9.17, 15) is 4.79 Å². The molecule has 1 fully saturated rings. The Morgan fingerprint density at radius 3 is 2.80 bits per heavy atom. The number of hydrogen-bond donors (Lipinski definition) is 1. The number of aromatic nitrogens is 5. The number of tetrazole rings is 1. The van der Waals surface area contributed by atoms with Crippen molar-refractivity contribution in [2.45, 2.75) is 12.5 Å². The van der Waals surface area contributed by atoms with Crippen molar-refractivity contribution >= 4 is 17.4 Å². The van der Waals surface area contributed by atoms with Gasteiger partial charge in [-0.05, 0) is 34.7 Å². The van der Waals surface area contributed by atoms with E-state index in [1.54, 1.807) is 16.0 Å². The summed E-state index contributed by atoms with van der Waals surface area (Å²) in [4.78, 5) is 16.7. The molecule has 3 aromatic rings. The van der Waals surface area contributed by atoms with Crippen molar-refractivity contribution in [2.24, 2.45) is 0 Å². The molecule has 10 heteroatoms. The molecule has 0 bridgehead atoms. The number of nitrogens with zero attached hydrogens (tertiary/aromatic N) is 6. The fraction of sp³-hybridized carbons (Fsp3) is 0.267. The van der Waals surface area contributed by atoms with Crippen LogP contribution in [0.5, 0.6) is 5.75 Å². The zero-order valence-corrected chi connectivity index (χ0v) is 13.8. The average Bonchev–Trinajstić information content (AvgIpc) is 3.24. The number of carbonyl (C=O) groups is 1. The van der Waals surface area contributed by atoms with Gasteiger partial charge in [-0.1, -0.05) is 0 Å². The van der Waals surface area contributed by atoms with E-state index in [4.69, 9.17) is 9.84 Å². The molecular formula is C15H14N6O3S. The van der Waals surface area contributed by atoms with Crippen molar-refractivity contribution in [1.29, 1.82) is 0 Å². The number of benzene rings is 1. The van der Waals surface area contributed by atoms with Gasteiger partial charge in [-0.2, -0.15) is 0 Å². The van der Waals surface area contributed by atoms with E-state index in [0.717, 1.165) is 22.1 Å². The highest BCUT2D eigenvalue weighted by Crippen LogP contribution is 2.29. The van der Waals surface area contributed by atoms with E-state index in [1.807, 2.05) is 29.6 Å². The van der Waals surface area contributed by atoms with Gasteiger partial charge < -0.3 is 14.7 Å². The first-order valence-electron chi connectivity index (χ1n) is 7.57. The number of rotatable bonds is 5. The third kappa shape index (κ3) is 3.29. The molecule has 4 rings (SSSR count). The number of thiazole rings is 1. The predicted octanol–water partition coefficient (Wildman–Crippen LogP) is 1.78. The maximum atomic E-state index is 10.8. The van der Waals surface area contributed by atoms with Crippen LogP contribution in [0, 0.1) is 0 Å². The van der Waals surface area contributed by atoms with Crippen molar-refractivity contribution < 1.29 is 14.6 Å². The molecule has 2 aromatic heterocycles. The second kappa shape index (κ2) is 6.48. The van der Waals surface area contributed by atoms with Gasteiger partial charge in [-0.3, -0.25) is 0 Å². The average molecular weight is 358 g/mol. The molecule has 0 unspecified atom stereocenters. The van der Waals surface area contributed by atoms with Crippen LogP contribution in [-0.4, -0.2) is 54.4 Å². The second-order valence-corrected chi connectivity index (χ2v) is 6.49. The van der Waals surface area contributed by atoms with Crippen molar-refractivity contribution in [2.75, 3.05) is 13.1 Å². The molecule has 0 radical (unpaired) electrons. The summed E-state index contributed by atoms with van der Waals surface area (Å²) >= 11 is 1.55. The van der Waals surface area contributed by atoms with Crippen molar-refractivity contribution in [3.8, 4) is 11.4 Å². The van der Waals surface area contributed by atoms with Crippen LogP contribution in [0.4, 0.5) is 4.79 Å². The number of ether oxygens (including phenoxy) is 1. The normalized spacial score (nSPS) is 14.3. The maximum Gasteiger partial charge on any atom is 0.407 e. The Morgan fingerprint density at radius 2 is 2.12 bits per heavy atom. The van der Waals surface area contributed by atoms with E-state index in [0.29, 0.717) is 19.7 Å². The van der Waals surface area contributed by atoms with Crippen LogP contribution in [0.2, 0.25) is 0 Å². The molecule has 0 spiro atoms. The fourth-order valence-electron chi connectivity index (χ4n) is 2.50. The minimum absolute atomic E-state index is 0.199. The number of amides is 1. The Bertz CT molecular complexity index is 858. The minimum atomic E-state index is -0.874. The van der Waals surface area contributed by atoms with E-state index in [1.165, 1.54) is 11.2 Å². The van der Waals surface area contributed by atoms with Gasteiger partial charge in [0.1, 0.15) is 18.7 Å². The van der Waals surface area contributed by atoms with Gasteiger partial charge >= 0.3 is 6.09 Å². The first-order valence-corrected chi connectivity index (χ1v) is 8.45. The van der Waals surface area contributed by atoms with E-state index >= 15 is 0 Å². The zero-order chi connectivity index (χ0) is 17.2. The SMILES string of the molecule is O=C(O)N1CC(c2nc(COc3ccc(-n4cnnn4)cc3)cs2)C1. The lowest BCUT2D eigenvalue weighted by Crippen LogP contribution is -2.47. The Kier molecular flexibility index (Phi) is 4.02. The highest BCUT2D eigenvalue weighted by molar-refractivity contribution is 7.09. The third-order valence-electron chi connectivity index (χ3n) is 3.91. The Hall–Kier alpha value is -3.01. The summed E-state index contributed by atoms with van der Waals surface area (Å²) < 4.78 is 7.31. The summed E-state index contributed by atoms with van der Waals surface area (Å²) in [6.07, 6.45) is 0.653. The Morgan fingerprint density at radius 1 is 1.32 bits per heavy atom. The fourth-order valence-corrected chi connectivity index (χ4v) is 3.39. The van der Waals surface area contributed by atoms with Gasteiger partial charge in [0.25, 0.3) is 0 Å². The summed E-state index contributed by atoms with van der Waals surface area (Å²) in [5.41, 5.74) is 1.69. The van der Waals surface area contributed by atoms with E-state index in [2.05, 4.69) is 20.5 Å². The summed E-state index contributed by atoms with van der Waals surface area (Å²) in [6, 6.07) is 7.43. The highest BCUT2D eigenvalue weighted by Gasteiger charge is 2.33. The minimum Gasteiger partial charge on any atom is -0.487 e. The molecule has 1 N–H and O–H groups in total. The van der Waals surface area contributed by atoms with Crippen LogP contribution in [0.25, 0.3) is 5.69 Å². The van der Waals surface area contributed by atoms with Crippen molar-refractivity contribution in [1.82, 2.24) is 30.1 Å². The molecule has 9 nitrogen and oxygen atoms in total. The monoisotopic (exact) mass is 358 g/mol. The number of hydrogen-bond acceptors (Lipinski definition) is 7. The maximum absolute atomic E-state index is 10.8. The molecule has 1 aliphatic rings. The van der Waals surface area contributed by atoms with Crippen LogP contribution >= 0.6 is 11.3 Å². The van der Waals surface area contributed by atoms with Gasteiger partial charge in [-0.25, -0.2) is 14.5 Å². The summed E-state index contributed by atoms with van der Waals surface area (Å²) in [5, 5.41) is 22.8. The molecule has 0 aliphatic carbocycles. The molecule has 1 amide bonds. The van der Waals surface area contributed by atoms with E-state index in [-0.39, 0.29) is 5.92 Å². The van der Waals surface area contributed by atoms with Crippen LogP contribution < -0.4 is 4.74 Å². The predicted molar refractivity (Wildman–Crippen MR) is 87.9 cm³/mol. The van der Waals surface area contributed by atoms with Crippen LogP contribution in [0.3, 0.4) is 0 Å². The molecule has 0 saturated carbocycles. The molecular weight excluding hydrogens is 344 g/mol. The molecule has 1 saturated heterocycles. The van der Waals surface area contributed by atoms with Gasteiger partial charge in [0.15, 0.2) is 0 Å². The molecule has 25 heavy (non-hydrogen) atoms. The largest absolute Gasteiger partial charge is 0.487 e. The van der Waals surface area contributed by atoms with Crippen molar-refractivity contribution in [3.05, 3.63) is 46.7 Å². The Labute approximate surface area is 146 Å². The molecule has 1 aliphatic heterocycles. The smallest absolute Gasteiger partial charge is 0.407 e. The quantitative estimate of drug-likeness (QED) is 0.741. The number of likely N-dealkylation sites (tertiary alicyclic amines) is 1. The second-order valence-electron chi connectivity index (χ2n) is 5.60. The molecule has 128 valence electrons. The van der Waals surface area contributed by atoms with Crippen LogP contribution in [-0.2, 0) is 6.61 Å². The molecule has 3 heterocycles. The highest BCUT2D eigenvalue weighted by atomic mass is 32.1. The standard InChI is InChI=1S/C15H14N6O3S/c22-15(23)20-5-10(6-20)14-17-11(8-25-14)7-24-13-3-1-12(2-4-13)21-9-16-18-19-21/h1-4,8-10H,5-7H2,(H,22,23). The van der Waals surface area contributed by atoms with Gasteiger partial charge in [0.2, 0.25) is 0 Å². The lowest BCUT2D eigenvalue weighted by molar-refractivity contribution is 0.105. The lowest BCUT2D eigenvalue weighted by atomic mass is 10.0. The number of carboxylic acid groups (broad SMARTS) is 1. The first-order chi connectivity index (χ1) is 12.2. The summed E-state index contributed by atoms with van der Waals surface area (Å²) in [6.45, 7) is 1.40. The van der Waals surface area contributed by atoms with Gasteiger partial charge in [0.05, 0.1) is 16.4 Å². The topological polar surface area (TPSA) is 106 Å². The summed E-state index contributed by atoms with van der Waals surface area (Å²) in [5.74, 6) is 0.928. The molecule has 0 atom stereocenters. The Balaban J connectivity index is 1.32. The lowest BCUT2D eigenvalue weighted by Gasteiger charge is -2.35.